The first-order chi connectivity index (χ1) is 18.4. The molecule has 4 nitrogen and oxygen atoms in total. The minimum Gasteiger partial charge on any atom is -0.508 e. The van der Waals surface area contributed by atoms with Crippen molar-refractivity contribution in [2.75, 3.05) is 0 Å². The molecule has 0 saturated heterocycles. The van der Waals surface area contributed by atoms with Crippen LogP contribution in [-0.2, 0) is 19.3 Å². The zero-order valence-electron chi connectivity index (χ0n) is 24.1. The van der Waals surface area contributed by atoms with E-state index in [1.165, 1.54) is 0 Å². The van der Waals surface area contributed by atoms with Gasteiger partial charge in [0, 0.05) is 18.8 Å². The Hall–Kier alpha value is -3.92. The highest BCUT2D eigenvalue weighted by atomic mass is 16.3. The van der Waals surface area contributed by atoms with Crippen LogP contribution in [0.4, 0.5) is 0 Å². The van der Waals surface area contributed by atoms with Crippen LogP contribution < -0.4 is 0 Å². The molecular formula is C35H40O4. The molecule has 4 aromatic carbocycles. The highest BCUT2D eigenvalue weighted by molar-refractivity contribution is 5.53. The quantitative estimate of drug-likeness (QED) is 0.198. The third-order valence-corrected chi connectivity index (χ3v) is 8.14. The molecule has 0 aliphatic heterocycles. The van der Waals surface area contributed by atoms with Gasteiger partial charge in [-0.3, -0.25) is 0 Å². The number of hydrogen-bond acceptors (Lipinski definition) is 4. The monoisotopic (exact) mass is 524 g/mol. The maximum atomic E-state index is 11.0. The average molecular weight is 525 g/mol. The van der Waals surface area contributed by atoms with E-state index in [2.05, 4.69) is 19.1 Å². The summed E-state index contributed by atoms with van der Waals surface area (Å²) < 4.78 is 0. The largest absolute Gasteiger partial charge is 0.508 e. The molecule has 39 heavy (non-hydrogen) atoms. The van der Waals surface area contributed by atoms with Gasteiger partial charge in [0.05, 0.1) is 0 Å². The number of benzene rings is 4. The maximum absolute atomic E-state index is 11.0. The Balaban J connectivity index is 1.71. The first kappa shape index (κ1) is 28.1. The molecule has 4 N–H and O–H groups in total. The van der Waals surface area contributed by atoms with Crippen molar-refractivity contribution >= 4 is 0 Å². The standard InChI is InChI=1S/C35H40O4/c1-8-25-14-27(20(3)13-33(25)37)16-31-18-29(11-23(6)35(31)39)24(7)28-10-22(5)34(38)30(17-28)15-26-9-21(4)32(36)12-19(26)2/h9-14,17-18,24,36-39H,8,15-16H2,1-7H3. The van der Waals surface area contributed by atoms with Gasteiger partial charge in [-0.25, -0.2) is 0 Å². The van der Waals surface area contributed by atoms with E-state index in [9.17, 15) is 20.4 Å². The number of phenols is 4. The predicted molar refractivity (Wildman–Crippen MR) is 159 cm³/mol. The lowest BCUT2D eigenvalue weighted by Crippen LogP contribution is -2.03. The molecule has 0 aliphatic carbocycles. The molecule has 4 aromatic rings. The number of aryl methyl sites for hydroxylation is 6. The molecule has 0 bridgehead atoms. The van der Waals surface area contributed by atoms with Gasteiger partial charge in [0.1, 0.15) is 23.0 Å². The predicted octanol–water partition coefficient (Wildman–Crippen LogP) is 7.95. The van der Waals surface area contributed by atoms with Crippen molar-refractivity contribution in [3.8, 4) is 23.0 Å². The Kier molecular flexibility index (Phi) is 7.96. The van der Waals surface area contributed by atoms with Crippen LogP contribution in [0.15, 0.2) is 48.5 Å². The lowest BCUT2D eigenvalue weighted by molar-refractivity contribution is 0.464. The average Bonchev–Trinajstić information content (AvgIpc) is 2.88. The van der Waals surface area contributed by atoms with E-state index < -0.39 is 0 Å². The van der Waals surface area contributed by atoms with Crippen LogP contribution in [0.1, 0.15) is 86.5 Å². The Morgan fingerprint density at radius 3 is 1.44 bits per heavy atom. The van der Waals surface area contributed by atoms with Gasteiger partial charge in [-0.1, -0.05) is 50.2 Å². The fourth-order valence-corrected chi connectivity index (χ4v) is 5.45. The van der Waals surface area contributed by atoms with Crippen molar-refractivity contribution in [2.24, 2.45) is 0 Å². The van der Waals surface area contributed by atoms with Crippen LogP contribution in [0.3, 0.4) is 0 Å². The summed E-state index contributed by atoms with van der Waals surface area (Å²) in [4.78, 5) is 0. The molecule has 0 heterocycles. The smallest absolute Gasteiger partial charge is 0.122 e. The van der Waals surface area contributed by atoms with Crippen molar-refractivity contribution in [3.63, 3.8) is 0 Å². The Labute approximate surface area is 232 Å². The third kappa shape index (κ3) is 5.75. The number of hydrogen-bond donors (Lipinski definition) is 4. The Bertz CT molecular complexity index is 1550. The van der Waals surface area contributed by atoms with E-state index in [4.69, 9.17) is 0 Å². The van der Waals surface area contributed by atoms with Gasteiger partial charge in [-0.15, -0.1) is 0 Å². The van der Waals surface area contributed by atoms with E-state index in [-0.39, 0.29) is 11.7 Å². The van der Waals surface area contributed by atoms with E-state index in [1.54, 1.807) is 6.07 Å². The van der Waals surface area contributed by atoms with E-state index in [1.807, 2.05) is 71.9 Å². The molecule has 0 fully saturated rings. The molecule has 0 aromatic heterocycles. The van der Waals surface area contributed by atoms with Gasteiger partial charge in [0.25, 0.3) is 0 Å². The van der Waals surface area contributed by atoms with Crippen LogP contribution in [0.5, 0.6) is 23.0 Å². The SMILES string of the molecule is CCc1cc(Cc2cc(C(C)c3cc(C)c(O)c(Cc4cc(C)c(O)cc4C)c3)cc(C)c2O)c(C)cc1O. The molecule has 4 rings (SSSR count). The third-order valence-electron chi connectivity index (χ3n) is 8.14. The highest BCUT2D eigenvalue weighted by Gasteiger charge is 2.18. The van der Waals surface area contributed by atoms with Crippen LogP contribution >= 0.6 is 0 Å². The first-order valence-corrected chi connectivity index (χ1v) is 13.6. The Morgan fingerprint density at radius 1 is 0.487 bits per heavy atom. The molecule has 0 saturated carbocycles. The van der Waals surface area contributed by atoms with Crippen LogP contribution in [0.2, 0.25) is 0 Å². The number of aromatic hydroxyl groups is 4. The summed E-state index contributed by atoms with van der Waals surface area (Å²) in [6.07, 6.45) is 1.89. The molecule has 0 radical (unpaired) electrons. The lowest BCUT2D eigenvalue weighted by Gasteiger charge is -2.20. The van der Waals surface area contributed by atoms with E-state index >= 15 is 0 Å². The number of phenolic OH excluding ortho intramolecular Hbond substituents is 4. The summed E-state index contributed by atoms with van der Waals surface area (Å²) in [5, 5.41) is 42.2. The second-order valence-electron chi connectivity index (χ2n) is 11.1. The first-order valence-electron chi connectivity index (χ1n) is 13.6. The van der Waals surface area contributed by atoms with Gasteiger partial charge in [-0.2, -0.15) is 0 Å². The van der Waals surface area contributed by atoms with Crippen molar-refractivity contribution in [3.05, 3.63) is 115 Å². The maximum Gasteiger partial charge on any atom is 0.122 e. The van der Waals surface area contributed by atoms with Crippen molar-refractivity contribution < 1.29 is 20.4 Å². The molecule has 4 heteroatoms. The fourth-order valence-electron chi connectivity index (χ4n) is 5.45. The van der Waals surface area contributed by atoms with E-state index in [0.29, 0.717) is 30.1 Å². The molecular weight excluding hydrogens is 484 g/mol. The second-order valence-corrected chi connectivity index (χ2v) is 11.1. The van der Waals surface area contributed by atoms with Crippen molar-refractivity contribution in [1.29, 1.82) is 0 Å². The van der Waals surface area contributed by atoms with Gasteiger partial charge < -0.3 is 20.4 Å². The topological polar surface area (TPSA) is 80.9 Å². The fraction of sp³-hybridized carbons (Fsp3) is 0.314. The lowest BCUT2D eigenvalue weighted by atomic mass is 9.86. The summed E-state index contributed by atoms with van der Waals surface area (Å²) in [5.41, 5.74) is 11.4. The normalized spacial score (nSPS) is 12.1. The zero-order valence-corrected chi connectivity index (χ0v) is 24.1. The molecule has 0 amide bonds. The summed E-state index contributed by atoms with van der Waals surface area (Å²) in [6.45, 7) is 13.9. The second kappa shape index (κ2) is 11.1. The van der Waals surface area contributed by atoms with Gasteiger partial charge in [0.15, 0.2) is 0 Å². The Morgan fingerprint density at radius 2 is 0.949 bits per heavy atom. The molecule has 0 aliphatic rings. The van der Waals surface area contributed by atoms with Gasteiger partial charge >= 0.3 is 0 Å². The van der Waals surface area contributed by atoms with Crippen LogP contribution in [-0.4, -0.2) is 20.4 Å². The van der Waals surface area contributed by atoms with E-state index in [0.717, 1.165) is 73.2 Å². The summed E-state index contributed by atoms with van der Waals surface area (Å²) >= 11 is 0. The summed E-state index contributed by atoms with van der Waals surface area (Å²) in [5.74, 6) is 1.24. The van der Waals surface area contributed by atoms with Crippen LogP contribution in [0, 0.1) is 34.6 Å². The molecule has 204 valence electrons. The molecule has 0 spiro atoms. The molecule has 1 atom stereocenters. The van der Waals surface area contributed by atoms with Crippen molar-refractivity contribution in [2.45, 2.75) is 73.6 Å². The minimum atomic E-state index is 0.0378. The van der Waals surface area contributed by atoms with Crippen molar-refractivity contribution in [1.82, 2.24) is 0 Å². The number of rotatable bonds is 7. The van der Waals surface area contributed by atoms with Gasteiger partial charge in [-0.05, 0) is 120 Å². The van der Waals surface area contributed by atoms with Crippen LogP contribution in [0.25, 0.3) is 0 Å². The minimum absolute atomic E-state index is 0.0378. The van der Waals surface area contributed by atoms with Gasteiger partial charge in [0.2, 0.25) is 0 Å². The zero-order chi connectivity index (χ0) is 28.6. The summed E-state index contributed by atoms with van der Waals surface area (Å²) in [7, 11) is 0. The highest BCUT2D eigenvalue weighted by Crippen LogP contribution is 2.37. The molecule has 1 unspecified atom stereocenters. The summed E-state index contributed by atoms with van der Waals surface area (Å²) in [6, 6.07) is 15.9.